The fourth-order valence-electron chi connectivity index (χ4n) is 11.4. The zero-order chi connectivity index (χ0) is 54.6. The Hall–Kier alpha value is -4.95. The number of aliphatic hydroxyl groups is 1. The number of hydrogen-bond acceptors (Lipinski definition) is 15. The second kappa shape index (κ2) is 25.0. The van der Waals surface area contributed by atoms with Crippen LogP contribution in [-0.4, -0.2) is 116 Å². The van der Waals surface area contributed by atoms with Gasteiger partial charge in [-0.25, -0.2) is 9.97 Å². The van der Waals surface area contributed by atoms with Crippen LogP contribution >= 0.6 is 49.9 Å². The highest BCUT2D eigenvalue weighted by molar-refractivity contribution is 7.70. The molecule has 0 radical (unpaired) electrons. The smallest absolute Gasteiger partial charge is 0.229 e. The van der Waals surface area contributed by atoms with Crippen LogP contribution in [0.4, 0.5) is 57.7 Å². The maximum atomic E-state index is 12.8. The van der Waals surface area contributed by atoms with Crippen LogP contribution in [-0.2, 0) is 9.13 Å². The number of aromatic nitrogens is 4. The highest BCUT2D eigenvalue weighted by atomic mass is 35.5. The average Bonchev–Trinajstić information content (AvgIpc) is 3.38. The summed E-state index contributed by atoms with van der Waals surface area (Å²) in [6, 6.07) is 29.0. The number of para-hydroxylation sites is 2. The summed E-state index contributed by atoms with van der Waals surface area (Å²) in [6.07, 6.45) is 13.2. The lowest BCUT2D eigenvalue weighted by molar-refractivity contribution is 0.00489. The zero-order valence-corrected chi connectivity index (χ0v) is 50.0. The van der Waals surface area contributed by atoms with Gasteiger partial charge in [-0.2, -0.15) is 9.97 Å². The molecule has 2 aliphatic heterocycles. The molecular weight excluding hydrogens is 1070 g/mol. The van der Waals surface area contributed by atoms with Gasteiger partial charge in [-0.15, -0.1) is 12.4 Å². The first-order valence-electron chi connectivity index (χ1n) is 26.2. The molecule has 15 nitrogen and oxygen atoms in total. The van der Waals surface area contributed by atoms with Crippen LogP contribution in [0.1, 0.15) is 62.5 Å². The summed E-state index contributed by atoms with van der Waals surface area (Å²) in [7, 11) is 0.445. The Morgan fingerprint density at radius 3 is 1.34 bits per heavy atom. The van der Waals surface area contributed by atoms with E-state index in [4.69, 9.17) is 34.0 Å². The number of anilines is 10. The van der Waals surface area contributed by atoms with Crippen molar-refractivity contribution in [3.05, 3.63) is 118 Å². The number of aryl methyl sites for hydroxylation is 2. The van der Waals surface area contributed by atoms with Crippen molar-refractivity contribution in [1.82, 2.24) is 24.8 Å². The molecule has 0 atom stereocenters. The van der Waals surface area contributed by atoms with Crippen LogP contribution in [0.3, 0.4) is 0 Å². The van der Waals surface area contributed by atoms with Gasteiger partial charge in [0.2, 0.25) is 11.9 Å². The maximum absolute atomic E-state index is 12.8. The number of benzene rings is 4. The van der Waals surface area contributed by atoms with E-state index in [9.17, 15) is 9.13 Å². The standard InChI is InChI=1S/C29H38ClN6OP.C27H34ClN6OP.CH4O.ClH/c1-20-16-21(10-11-25(20)36-14-12-29(13-15-36)17-22(18-29)35(2)3)32-28-31-19-23(30)27(34-28)33-24-8-6-7-9-26(24)38(4,5)37;1-18-14-20(8-9-23(18)34-12-10-27(11-13-34)15-19(29)16-27)31-26-30-17-21(28)25(33-26)32-22-6-4-5-7-24(22)36(2,3)35;1-2;/h6-11,16,19,22H,12-15,17-18H2,1-5H3,(H2,31,32,33,34);4-9,14,17,19H,10-13,15-16,29H2,1-3H3,(H2,30,31,32,33);2H,1H3;1H. The van der Waals surface area contributed by atoms with Gasteiger partial charge in [0.15, 0.2) is 11.6 Å². The molecule has 7 N–H and O–H groups in total. The third kappa shape index (κ3) is 14.5. The van der Waals surface area contributed by atoms with E-state index in [0.717, 1.165) is 72.7 Å². The average molecular weight is 1150 g/mol. The van der Waals surface area contributed by atoms with E-state index in [2.05, 4.69) is 120 Å². The molecule has 2 saturated heterocycles. The Morgan fingerprint density at radius 2 is 0.987 bits per heavy atom. The normalized spacial score (nSPS) is 17.0. The Balaban J connectivity index is 0.000000214. The lowest BCUT2D eigenvalue weighted by Gasteiger charge is -2.54. The predicted molar refractivity (Wildman–Crippen MR) is 328 cm³/mol. The van der Waals surface area contributed by atoms with Gasteiger partial charge in [0.1, 0.15) is 24.3 Å². The largest absolute Gasteiger partial charge is 0.400 e. The summed E-state index contributed by atoms with van der Waals surface area (Å²) in [6.45, 7) is 15.7. The van der Waals surface area contributed by atoms with Crippen LogP contribution in [0.25, 0.3) is 0 Å². The number of aliphatic hydroxyl groups excluding tert-OH is 1. The van der Waals surface area contributed by atoms with Crippen LogP contribution in [0.2, 0.25) is 10.0 Å². The Kier molecular flexibility index (Phi) is 19.4. The molecule has 6 aromatic rings. The summed E-state index contributed by atoms with van der Waals surface area (Å²) in [5.74, 6) is 1.80. The molecule has 4 aromatic carbocycles. The van der Waals surface area contributed by atoms with E-state index in [1.165, 1.54) is 73.9 Å². The molecule has 0 unspecified atom stereocenters. The molecule has 4 fully saturated rings. The van der Waals surface area contributed by atoms with Gasteiger partial charge in [0.25, 0.3) is 0 Å². The fourth-order valence-corrected chi connectivity index (χ4v) is 14.0. The Morgan fingerprint density at radius 1 is 0.610 bits per heavy atom. The van der Waals surface area contributed by atoms with Gasteiger partial charge in [0.05, 0.1) is 23.8 Å². The molecule has 2 spiro atoms. The second-order valence-electron chi connectivity index (χ2n) is 22.2. The molecule has 4 heterocycles. The highest BCUT2D eigenvalue weighted by Gasteiger charge is 2.47. The first-order chi connectivity index (χ1) is 36.1. The van der Waals surface area contributed by atoms with E-state index in [-0.39, 0.29) is 12.4 Å². The monoisotopic (exact) mass is 1140 g/mol. The number of hydrogen-bond donors (Lipinski definition) is 6. The second-order valence-corrected chi connectivity index (χ2v) is 29.4. The van der Waals surface area contributed by atoms with Crippen molar-refractivity contribution in [1.29, 1.82) is 0 Å². The SMILES string of the molecule is CO.Cc1cc(Nc2ncc(Cl)c(Nc3ccccc3P(C)(C)=O)n2)ccc1N1CCC2(CC1)CC(N(C)C)C2.Cc1cc(Nc2ncc(Cl)c(Nc3ccccc3P(C)(C)=O)n2)ccc1N1CCC2(CC1)CC(N)C2.Cl. The molecule has 414 valence electrons. The van der Waals surface area contributed by atoms with Gasteiger partial charge >= 0.3 is 0 Å². The summed E-state index contributed by atoms with van der Waals surface area (Å²) in [5.41, 5.74) is 15.4. The molecule has 2 aromatic heterocycles. The van der Waals surface area contributed by atoms with Crippen molar-refractivity contribution < 1.29 is 14.2 Å². The summed E-state index contributed by atoms with van der Waals surface area (Å²) < 4.78 is 25.5. The van der Waals surface area contributed by atoms with Crippen molar-refractivity contribution in [2.45, 2.75) is 77.3 Å². The van der Waals surface area contributed by atoms with Crippen molar-refractivity contribution in [3.8, 4) is 0 Å². The maximum Gasteiger partial charge on any atom is 0.229 e. The number of nitrogens with two attached hydrogens (primary N) is 1. The van der Waals surface area contributed by atoms with E-state index < -0.39 is 14.3 Å². The van der Waals surface area contributed by atoms with Crippen molar-refractivity contribution in [2.75, 3.05) is 105 Å². The number of nitrogens with zero attached hydrogens (tertiary/aromatic N) is 7. The minimum Gasteiger partial charge on any atom is -0.400 e. The van der Waals surface area contributed by atoms with E-state index in [1.54, 1.807) is 39.1 Å². The number of nitrogens with one attached hydrogen (secondary N) is 4. The number of rotatable bonds is 13. The van der Waals surface area contributed by atoms with Crippen LogP contribution in [0.5, 0.6) is 0 Å². The Bertz CT molecular complexity index is 3090. The van der Waals surface area contributed by atoms with Crippen LogP contribution < -0.4 is 47.4 Å². The fraction of sp³-hybridized carbons (Fsp3) is 0.439. The highest BCUT2D eigenvalue weighted by Crippen LogP contribution is 2.52. The molecule has 77 heavy (non-hydrogen) atoms. The summed E-state index contributed by atoms with van der Waals surface area (Å²) in [4.78, 5) is 25.3. The molecule has 0 amide bonds. The quantitative estimate of drug-likeness (QED) is 0.0599. The van der Waals surface area contributed by atoms with Gasteiger partial charge in [-0.05, 0) is 189 Å². The first-order valence-corrected chi connectivity index (χ1v) is 32.1. The van der Waals surface area contributed by atoms with E-state index in [0.29, 0.717) is 50.4 Å². The van der Waals surface area contributed by atoms with Gasteiger partial charge < -0.3 is 55.9 Å². The topological polar surface area (TPSA) is 190 Å². The van der Waals surface area contributed by atoms with Crippen molar-refractivity contribution in [3.63, 3.8) is 0 Å². The minimum atomic E-state index is -2.48. The van der Waals surface area contributed by atoms with Crippen molar-refractivity contribution >= 4 is 118 Å². The number of piperidine rings is 2. The van der Waals surface area contributed by atoms with E-state index >= 15 is 0 Å². The van der Waals surface area contributed by atoms with Crippen LogP contribution in [0.15, 0.2) is 97.3 Å². The van der Waals surface area contributed by atoms with Gasteiger partial charge in [-0.3, -0.25) is 0 Å². The third-order valence-electron chi connectivity index (χ3n) is 15.7. The molecule has 2 saturated carbocycles. The summed E-state index contributed by atoms with van der Waals surface area (Å²) >= 11 is 12.8. The lowest BCUT2D eigenvalue weighted by Crippen LogP contribution is -2.53. The minimum absolute atomic E-state index is 0. The lowest BCUT2D eigenvalue weighted by atomic mass is 9.60. The summed E-state index contributed by atoms with van der Waals surface area (Å²) in [5, 5.41) is 22.4. The van der Waals surface area contributed by atoms with Gasteiger partial charge in [-0.1, -0.05) is 47.5 Å². The molecule has 2 aliphatic carbocycles. The first kappa shape index (κ1) is 59.7. The number of halogens is 3. The van der Waals surface area contributed by atoms with Gasteiger partial charge in [0, 0.05) is 78.7 Å². The molecular formula is C57H77Cl3N12O3P2. The Labute approximate surface area is 472 Å². The predicted octanol–water partition coefficient (Wildman–Crippen LogP) is 12.4. The molecule has 10 rings (SSSR count). The third-order valence-corrected chi connectivity index (χ3v) is 19.3. The molecule has 20 heteroatoms. The van der Waals surface area contributed by atoms with Crippen molar-refractivity contribution in [2.24, 2.45) is 16.6 Å². The molecule has 4 aliphatic rings. The zero-order valence-electron chi connectivity index (χ0n) is 45.9. The molecule has 0 bridgehead atoms. The van der Waals surface area contributed by atoms with E-state index in [1.807, 2.05) is 48.5 Å². The van der Waals surface area contributed by atoms with Crippen LogP contribution in [0, 0.1) is 24.7 Å².